The molecule has 0 bridgehead atoms. The first-order valence-corrected chi connectivity index (χ1v) is 8.55. The zero-order valence-electron chi connectivity index (χ0n) is 14.0. The van der Waals surface area contributed by atoms with Crippen LogP contribution in [0.2, 0.25) is 0 Å². The first-order chi connectivity index (χ1) is 11.1. The maximum absolute atomic E-state index is 12.2. The molecule has 0 heterocycles. The van der Waals surface area contributed by atoms with Crippen molar-refractivity contribution in [3.8, 4) is 5.75 Å². The van der Waals surface area contributed by atoms with Gasteiger partial charge in [-0.2, -0.15) is 8.42 Å². The molecule has 24 heavy (non-hydrogen) atoms. The van der Waals surface area contributed by atoms with Crippen molar-refractivity contribution in [2.75, 3.05) is 19.5 Å². The van der Waals surface area contributed by atoms with Crippen LogP contribution in [0.4, 0.5) is 5.69 Å². The molecule has 1 unspecified atom stereocenters. The number of ether oxygens (including phenoxy) is 2. The Kier molecular flexibility index (Phi) is 6.47. The Morgan fingerprint density at radius 2 is 1.92 bits per heavy atom. The van der Waals surface area contributed by atoms with Gasteiger partial charge in [-0.05, 0) is 25.5 Å². The molecule has 1 rings (SSSR count). The molecule has 0 spiro atoms. The third-order valence-electron chi connectivity index (χ3n) is 3.79. The van der Waals surface area contributed by atoms with Gasteiger partial charge in [0.1, 0.15) is 16.2 Å². The van der Waals surface area contributed by atoms with E-state index in [2.05, 4.69) is 5.32 Å². The van der Waals surface area contributed by atoms with Gasteiger partial charge >= 0.3 is 0 Å². The molecule has 8 nitrogen and oxygen atoms in total. The lowest BCUT2D eigenvalue weighted by molar-refractivity contribution is -0.144. The lowest BCUT2D eigenvalue weighted by Gasteiger charge is -2.27. The number of hydrogen-bond acceptors (Lipinski definition) is 6. The summed E-state index contributed by atoms with van der Waals surface area (Å²) in [6.07, 6.45) is -0.00764. The second-order valence-electron chi connectivity index (χ2n) is 5.17. The number of ketones is 1. The molecule has 9 heteroatoms. The van der Waals surface area contributed by atoms with Gasteiger partial charge in [-0.15, -0.1) is 0 Å². The van der Waals surface area contributed by atoms with Crippen molar-refractivity contribution in [1.29, 1.82) is 0 Å². The minimum Gasteiger partial charge on any atom is -0.497 e. The van der Waals surface area contributed by atoms with Gasteiger partial charge < -0.3 is 14.8 Å². The maximum atomic E-state index is 12.2. The van der Waals surface area contributed by atoms with Crippen LogP contribution in [0.25, 0.3) is 0 Å². The number of carbonyl (C=O) groups excluding carboxylic acids is 2. The monoisotopic (exact) mass is 359 g/mol. The smallest absolute Gasteiger partial charge is 0.296 e. The van der Waals surface area contributed by atoms with Crippen molar-refractivity contribution >= 4 is 27.5 Å². The second kappa shape index (κ2) is 7.73. The highest BCUT2D eigenvalue weighted by Gasteiger charge is 2.36. The van der Waals surface area contributed by atoms with Crippen molar-refractivity contribution < 1.29 is 32.0 Å². The Balaban J connectivity index is 3.13. The number of nitrogens with one attached hydrogen (secondary N) is 1. The Hall–Kier alpha value is -1.97. The van der Waals surface area contributed by atoms with Crippen LogP contribution in [0.5, 0.6) is 5.75 Å². The minimum absolute atomic E-state index is 0.118. The molecule has 0 saturated heterocycles. The highest BCUT2D eigenvalue weighted by Crippen LogP contribution is 2.28. The summed E-state index contributed by atoms with van der Waals surface area (Å²) in [5.41, 5.74) is -1.40. The summed E-state index contributed by atoms with van der Waals surface area (Å²) < 4.78 is 42.4. The van der Waals surface area contributed by atoms with Gasteiger partial charge in [0.05, 0.1) is 19.2 Å². The first-order valence-electron chi connectivity index (χ1n) is 7.11. The number of anilines is 1. The highest BCUT2D eigenvalue weighted by molar-refractivity contribution is 7.86. The van der Waals surface area contributed by atoms with Crippen molar-refractivity contribution in [2.45, 2.75) is 37.2 Å². The van der Waals surface area contributed by atoms with E-state index in [1.165, 1.54) is 33.3 Å². The normalized spacial score (nSPS) is 13.9. The summed E-state index contributed by atoms with van der Waals surface area (Å²) >= 11 is 0. The standard InChI is InChI=1S/C15H21NO7S/c1-5-15(23-4,10(2)17)9-14(18)16-12-7-6-11(22-3)8-13(12)24(19,20)21/h6-8H,5,9H2,1-4H3,(H,16,18)(H,19,20,21). The SMILES string of the molecule is CCC(CC(=O)Nc1ccc(OC)cc1S(=O)(=O)O)(OC)C(C)=O. The van der Waals surface area contributed by atoms with Crippen LogP contribution >= 0.6 is 0 Å². The molecule has 1 atom stereocenters. The minimum atomic E-state index is -4.58. The van der Waals surface area contributed by atoms with E-state index in [9.17, 15) is 22.6 Å². The Bertz CT molecular complexity index is 723. The highest BCUT2D eigenvalue weighted by atomic mass is 32.2. The number of benzene rings is 1. The topological polar surface area (TPSA) is 119 Å². The first kappa shape index (κ1) is 20.1. The number of hydrogen-bond donors (Lipinski definition) is 2. The van der Waals surface area contributed by atoms with E-state index in [4.69, 9.17) is 9.47 Å². The second-order valence-corrected chi connectivity index (χ2v) is 6.56. The predicted molar refractivity (Wildman–Crippen MR) is 86.8 cm³/mol. The van der Waals surface area contributed by atoms with E-state index in [-0.39, 0.29) is 30.1 Å². The third kappa shape index (κ3) is 4.53. The number of methoxy groups -OCH3 is 2. The van der Waals surface area contributed by atoms with Crippen LogP contribution in [0.15, 0.2) is 23.1 Å². The molecule has 0 aliphatic carbocycles. The van der Waals surface area contributed by atoms with E-state index >= 15 is 0 Å². The van der Waals surface area contributed by atoms with E-state index in [0.717, 1.165) is 6.07 Å². The van der Waals surface area contributed by atoms with Gasteiger partial charge in [0.15, 0.2) is 5.78 Å². The average Bonchev–Trinajstić information content (AvgIpc) is 2.51. The molecule has 0 aliphatic heterocycles. The molecule has 134 valence electrons. The zero-order chi connectivity index (χ0) is 18.5. The predicted octanol–water partition coefficient (Wildman–Crippen LogP) is 1.65. The van der Waals surface area contributed by atoms with Crippen LogP contribution in [0, 0.1) is 0 Å². The summed E-state index contributed by atoms with van der Waals surface area (Å²) in [4.78, 5) is 23.5. The van der Waals surface area contributed by atoms with E-state index in [1.807, 2.05) is 0 Å². The molecule has 0 saturated carbocycles. The van der Waals surface area contributed by atoms with Gasteiger partial charge in [-0.25, -0.2) is 0 Å². The fourth-order valence-electron chi connectivity index (χ4n) is 2.26. The molecule has 0 radical (unpaired) electrons. The van der Waals surface area contributed by atoms with E-state index < -0.39 is 26.5 Å². The number of carbonyl (C=O) groups is 2. The molecular weight excluding hydrogens is 338 g/mol. The van der Waals surface area contributed by atoms with Crippen LogP contribution in [0.3, 0.4) is 0 Å². The zero-order valence-corrected chi connectivity index (χ0v) is 14.8. The number of amides is 1. The van der Waals surface area contributed by atoms with Crippen molar-refractivity contribution in [2.24, 2.45) is 0 Å². The summed E-state index contributed by atoms with van der Waals surface area (Å²) in [5.74, 6) is -0.736. The van der Waals surface area contributed by atoms with Gasteiger partial charge in [-0.3, -0.25) is 14.1 Å². The van der Waals surface area contributed by atoms with Crippen LogP contribution in [-0.2, 0) is 24.4 Å². The largest absolute Gasteiger partial charge is 0.497 e. The number of rotatable bonds is 8. The average molecular weight is 359 g/mol. The number of Topliss-reactive ketones (excluding diaryl/α,β-unsaturated/α-hetero) is 1. The molecule has 2 N–H and O–H groups in total. The molecular formula is C15H21NO7S. The Morgan fingerprint density at radius 3 is 2.33 bits per heavy atom. The van der Waals surface area contributed by atoms with E-state index in [0.29, 0.717) is 0 Å². The summed E-state index contributed by atoms with van der Waals surface area (Å²) in [7, 11) is -1.91. The van der Waals surface area contributed by atoms with Gasteiger partial charge in [0.25, 0.3) is 10.1 Å². The Labute approximate surface area is 140 Å². The quantitative estimate of drug-likeness (QED) is 0.677. The summed E-state index contributed by atoms with van der Waals surface area (Å²) in [6.45, 7) is 3.02. The lowest BCUT2D eigenvalue weighted by Crippen LogP contribution is -2.42. The van der Waals surface area contributed by atoms with Crippen molar-refractivity contribution in [3.05, 3.63) is 18.2 Å². The summed E-state index contributed by atoms with van der Waals surface area (Å²) in [6, 6.07) is 3.80. The van der Waals surface area contributed by atoms with Crippen LogP contribution in [0.1, 0.15) is 26.7 Å². The molecule has 0 aromatic heterocycles. The molecule has 1 amide bonds. The fourth-order valence-corrected chi connectivity index (χ4v) is 2.92. The van der Waals surface area contributed by atoms with Crippen LogP contribution < -0.4 is 10.1 Å². The molecule has 1 aromatic carbocycles. The molecule has 0 fully saturated rings. The van der Waals surface area contributed by atoms with Gasteiger partial charge in [-0.1, -0.05) is 6.92 Å². The maximum Gasteiger partial charge on any atom is 0.296 e. The van der Waals surface area contributed by atoms with Gasteiger partial charge in [0, 0.05) is 13.2 Å². The van der Waals surface area contributed by atoms with Crippen molar-refractivity contribution in [3.63, 3.8) is 0 Å². The molecule has 0 aliphatic rings. The summed E-state index contributed by atoms with van der Waals surface area (Å²) in [5, 5.41) is 2.38. The van der Waals surface area contributed by atoms with Gasteiger partial charge in [0.2, 0.25) is 5.91 Å². The fraction of sp³-hybridized carbons (Fsp3) is 0.467. The third-order valence-corrected chi connectivity index (χ3v) is 4.68. The lowest BCUT2D eigenvalue weighted by atomic mass is 9.91. The van der Waals surface area contributed by atoms with E-state index in [1.54, 1.807) is 6.92 Å². The Morgan fingerprint density at radius 1 is 1.29 bits per heavy atom. The molecule has 1 aromatic rings. The van der Waals surface area contributed by atoms with Crippen LogP contribution in [-0.4, -0.2) is 44.5 Å². The van der Waals surface area contributed by atoms with Crippen molar-refractivity contribution in [1.82, 2.24) is 0 Å².